The second-order valence-electron chi connectivity index (χ2n) is 8.27. The van der Waals surface area contributed by atoms with E-state index in [1.165, 1.54) is 22.7 Å². The lowest BCUT2D eigenvalue weighted by Crippen LogP contribution is -2.44. The topological polar surface area (TPSA) is 63.6 Å². The van der Waals surface area contributed by atoms with Crippen molar-refractivity contribution >= 4 is 40.2 Å². The van der Waals surface area contributed by atoms with Crippen LogP contribution in [0.4, 0.5) is 10.1 Å². The maximum Gasteiger partial charge on any atom is 0.247 e. The molecule has 8 heteroatoms. The second kappa shape index (κ2) is 9.97. The number of amides is 2. The van der Waals surface area contributed by atoms with Crippen molar-refractivity contribution in [2.75, 3.05) is 23.8 Å². The quantitative estimate of drug-likeness (QED) is 0.520. The zero-order valence-electron chi connectivity index (χ0n) is 19.0. The fourth-order valence-corrected chi connectivity index (χ4v) is 5.25. The molecule has 2 amide bonds. The van der Waals surface area contributed by atoms with E-state index in [4.69, 9.17) is 4.74 Å². The van der Waals surface area contributed by atoms with Crippen LogP contribution in [-0.4, -0.2) is 41.4 Å². The largest absolute Gasteiger partial charge is 0.379 e. The molecule has 0 saturated carbocycles. The van der Waals surface area contributed by atoms with Gasteiger partial charge in [-0.3, -0.25) is 14.5 Å². The molecule has 0 aliphatic carbocycles. The molecule has 0 saturated heterocycles. The molecule has 1 aliphatic rings. The molecule has 0 unspecified atom stereocenters. The van der Waals surface area contributed by atoms with Gasteiger partial charge in [-0.1, -0.05) is 42.1 Å². The smallest absolute Gasteiger partial charge is 0.247 e. The lowest BCUT2D eigenvalue weighted by Gasteiger charge is -2.30. The fraction of sp³-hybridized carbons (Fsp3) is 0.360. The van der Waals surface area contributed by atoms with E-state index in [0.717, 1.165) is 21.5 Å². The molecule has 0 bridgehead atoms. The van der Waals surface area contributed by atoms with Gasteiger partial charge in [-0.2, -0.15) is 0 Å². The highest BCUT2D eigenvalue weighted by Gasteiger charge is 2.40. The van der Waals surface area contributed by atoms with Crippen molar-refractivity contribution in [3.63, 3.8) is 0 Å². The average Bonchev–Trinajstić information content (AvgIpc) is 2.97. The Kier molecular flexibility index (Phi) is 7.05. The van der Waals surface area contributed by atoms with Crippen LogP contribution in [-0.2, 0) is 21.4 Å². The molecule has 6 nitrogen and oxygen atoms in total. The van der Waals surface area contributed by atoms with Crippen molar-refractivity contribution in [2.24, 2.45) is 7.05 Å². The molecule has 1 aromatic heterocycles. The number of carbonyl (C=O) groups excluding carboxylic acids is 2. The molecule has 174 valence electrons. The molecule has 1 N–H and O–H groups in total. The third-order valence-corrected chi connectivity index (χ3v) is 6.81. The van der Waals surface area contributed by atoms with E-state index in [1.807, 2.05) is 49.7 Å². The number of nitrogens with one attached hydrogen (secondary N) is 1. The summed E-state index contributed by atoms with van der Waals surface area (Å²) in [6, 6.07) is 12.9. The number of fused-ring (bicyclic) bond motifs is 3. The number of benzene rings is 2. The number of aryl methyl sites for hydroxylation is 1. The molecule has 1 atom stereocenters. The first-order valence-electron chi connectivity index (χ1n) is 11.1. The third-order valence-electron chi connectivity index (χ3n) is 5.66. The van der Waals surface area contributed by atoms with Crippen molar-refractivity contribution in [2.45, 2.75) is 37.4 Å². The Labute approximate surface area is 197 Å². The average molecular weight is 470 g/mol. The summed E-state index contributed by atoms with van der Waals surface area (Å²) in [6.45, 7) is 4.84. The minimum atomic E-state index is -0.989. The van der Waals surface area contributed by atoms with E-state index >= 15 is 0 Å². The highest BCUT2D eigenvalue weighted by Crippen LogP contribution is 2.43. The summed E-state index contributed by atoms with van der Waals surface area (Å²) in [6.07, 6.45) is 0.758. The Balaban J connectivity index is 1.78. The second-order valence-corrected chi connectivity index (χ2v) is 9.23. The highest BCUT2D eigenvalue weighted by molar-refractivity contribution is 8.00. The number of anilines is 1. The Hall–Kier alpha value is -2.84. The van der Waals surface area contributed by atoms with Crippen molar-refractivity contribution in [1.29, 1.82) is 0 Å². The standard InChI is InChI=1S/C25H28FN3O3S/c1-16(2)32-14-8-13-27-24(31)23-22-17-9-4-6-11-19(17)28(3)25(22)33-15-21(30)29(23)20-12-7-5-10-18(20)26/h4-7,9-12,16,23H,8,13-15H2,1-3H3,(H,27,31)/t23-/m0/s1. The van der Waals surface area contributed by atoms with Crippen LogP contribution in [0.25, 0.3) is 10.9 Å². The first-order valence-corrected chi connectivity index (χ1v) is 12.0. The van der Waals surface area contributed by atoms with Crippen molar-refractivity contribution in [3.05, 3.63) is 59.9 Å². The molecule has 1 aliphatic heterocycles. The Bertz CT molecular complexity index is 1180. The number of ether oxygens (including phenoxy) is 1. The summed E-state index contributed by atoms with van der Waals surface area (Å²) in [5, 5.41) is 4.67. The third kappa shape index (κ3) is 4.63. The van der Waals surface area contributed by atoms with Crippen molar-refractivity contribution in [1.82, 2.24) is 9.88 Å². The zero-order valence-corrected chi connectivity index (χ0v) is 19.8. The summed E-state index contributed by atoms with van der Waals surface area (Å²) >= 11 is 1.38. The van der Waals surface area contributed by atoms with Gasteiger partial charge in [0.15, 0.2) is 0 Å². The van der Waals surface area contributed by atoms with Crippen molar-refractivity contribution in [3.8, 4) is 0 Å². The lowest BCUT2D eigenvalue weighted by atomic mass is 10.0. The van der Waals surface area contributed by atoms with Gasteiger partial charge in [-0.15, -0.1) is 0 Å². The van der Waals surface area contributed by atoms with Gasteiger partial charge < -0.3 is 14.6 Å². The van der Waals surface area contributed by atoms with Crippen LogP contribution in [0, 0.1) is 5.82 Å². The van der Waals surface area contributed by atoms with Gasteiger partial charge in [-0.25, -0.2) is 4.39 Å². The number of carbonyl (C=O) groups is 2. The number of halogens is 1. The Morgan fingerprint density at radius 1 is 1.21 bits per heavy atom. The summed E-state index contributed by atoms with van der Waals surface area (Å²) in [4.78, 5) is 28.2. The molecule has 0 spiro atoms. The molecule has 33 heavy (non-hydrogen) atoms. The van der Waals surface area contributed by atoms with Gasteiger partial charge in [0.1, 0.15) is 11.9 Å². The number of rotatable bonds is 7. The van der Waals surface area contributed by atoms with E-state index in [9.17, 15) is 14.0 Å². The van der Waals surface area contributed by atoms with Gasteiger partial charge in [0.05, 0.1) is 22.6 Å². The molecule has 0 radical (unpaired) electrons. The van der Waals surface area contributed by atoms with Crippen LogP contribution in [0.1, 0.15) is 31.9 Å². The maximum atomic E-state index is 14.9. The molecule has 3 aromatic rings. The number of hydrogen-bond donors (Lipinski definition) is 1. The van der Waals surface area contributed by atoms with Crippen LogP contribution in [0.3, 0.4) is 0 Å². The lowest BCUT2D eigenvalue weighted by molar-refractivity contribution is -0.125. The molecule has 2 aromatic carbocycles. The monoisotopic (exact) mass is 469 g/mol. The van der Waals surface area contributed by atoms with E-state index in [2.05, 4.69) is 5.32 Å². The van der Waals surface area contributed by atoms with E-state index < -0.39 is 11.9 Å². The normalized spacial score (nSPS) is 16.2. The molecular formula is C25H28FN3O3S. The zero-order chi connectivity index (χ0) is 23.5. The van der Waals surface area contributed by atoms with Crippen LogP contribution >= 0.6 is 11.8 Å². The summed E-state index contributed by atoms with van der Waals surface area (Å²) in [5.74, 6) is -1.08. The Morgan fingerprint density at radius 2 is 1.94 bits per heavy atom. The van der Waals surface area contributed by atoms with Gasteiger partial charge in [0, 0.05) is 36.7 Å². The SMILES string of the molecule is CC(C)OCCCNC(=O)[C@@H]1c2c(n(C)c3ccccc23)SCC(=O)N1c1ccccc1F. The van der Waals surface area contributed by atoms with Gasteiger partial charge >= 0.3 is 0 Å². The van der Waals surface area contributed by atoms with Gasteiger partial charge in [0.25, 0.3) is 0 Å². The van der Waals surface area contributed by atoms with Crippen LogP contribution in [0.2, 0.25) is 0 Å². The molecular weight excluding hydrogens is 441 g/mol. The fourth-order valence-electron chi connectivity index (χ4n) is 4.18. The predicted octanol–water partition coefficient (Wildman–Crippen LogP) is 4.43. The summed E-state index contributed by atoms with van der Waals surface area (Å²) < 4.78 is 22.4. The van der Waals surface area contributed by atoms with E-state index in [-0.39, 0.29) is 29.4 Å². The van der Waals surface area contributed by atoms with Crippen molar-refractivity contribution < 1.29 is 18.7 Å². The highest BCUT2D eigenvalue weighted by atomic mass is 32.2. The first-order chi connectivity index (χ1) is 15.9. The van der Waals surface area contributed by atoms with E-state index in [1.54, 1.807) is 18.2 Å². The minimum Gasteiger partial charge on any atom is -0.379 e. The summed E-state index contributed by atoms with van der Waals surface area (Å²) in [5.41, 5.74) is 1.79. The number of para-hydroxylation sites is 2. The Morgan fingerprint density at radius 3 is 2.70 bits per heavy atom. The van der Waals surface area contributed by atoms with Crippen LogP contribution in [0.15, 0.2) is 53.6 Å². The maximum absolute atomic E-state index is 14.9. The number of nitrogens with zero attached hydrogens (tertiary/aromatic N) is 2. The van der Waals surface area contributed by atoms with Crippen LogP contribution < -0.4 is 10.2 Å². The van der Waals surface area contributed by atoms with E-state index in [0.29, 0.717) is 19.6 Å². The van der Waals surface area contributed by atoms with Gasteiger partial charge in [0.2, 0.25) is 11.8 Å². The predicted molar refractivity (Wildman–Crippen MR) is 129 cm³/mol. The molecule has 4 rings (SSSR count). The number of thioether (sulfide) groups is 1. The molecule has 2 heterocycles. The summed E-state index contributed by atoms with van der Waals surface area (Å²) in [7, 11) is 1.93. The number of hydrogen-bond acceptors (Lipinski definition) is 4. The van der Waals surface area contributed by atoms with Gasteiger partial charge in [-0.05, 0) is 38.5 Å². The molecule has 0 fully saturated rings. The minimum absolute atomic E-state index is 0.104. The first kappa shape index (κ1) is 23.3. The number of aromatic nitrogens is 1. The van der Waals surface area contributed by atoms with Crippen LogP contribution in [0.5, 0.6) is 0 Å².